The summed E-state index contributed by atoms with van der Waals surface area (Å²) in [6, 6.07) is 7.31. The first-order valence-corrected chi connectivity index (χ1v) is 10.8. The Hall–Kier alpha value is -2.26. The highest BCUT2D eigenvalue weighted by Crippen LogP contribution is 2.36. The van der Waals surface area contributed by atoms with Gasteiger partial charge < -0.3 is 29.2 Å². The largest absolute Gasteiger partial charge is 0.494 e. The van der Waals surface area contributed by atoms with E-state index in [0.717, 1.165) is 5.46 Å². The fourth-order valence-electron chi connectivity index (χ4n) is 3.36. The first-order valence-electron chi connectivity index (χ1n) is 10.8. The van der Waals surface area contributed by atoms with Crippen molar-refractivity contribution in [2.75, 3.05) is 31.5 Å². The van der Waals surface area contributed by atoms with Gasteiger partial charge in [0.1, 0.15) is 5.60 Å². The van der Waals surface area contributed by atoms with Crippen LogP contribution >= 0.6 is 0 Å². The van der Waals surface area contributed by atoms with Crippen molar-refractivity contribution in [2.45, 2.75) is 65.3 Å². The summed E-state index contributed by atoms with van der Waals surface area (Å²) in [5.41, 5.74) is 0.140. The second-order valence-corrected chi connectivity index (χ2v) is 10.1. The third kappa shape index (κ3) is 5.51. The van der Waals surface area contributed by atoms with Crippen molar-refractivity contribution in [3.63, 3.8) is 0 Å². The Morgan fingerprint density at radius 1 is 1.00 bits per heavy atom. The van der Waals surface area contributed by atoms with Gasteiger partial charge in [-0.05, 0) is 66.1 Å². The van der Waals surface area contributed by atoms with Crippen LogP contribution in [0.25, 0.3) is 0 Å². The Morgan fingerprint density at radius 2 is 1.55 bits per heavy atom. The van der Waals surface area contributed by atoms with E-state index in [9.17, 15) is 9.59 Å². The number of rotatable bonds is 2. The molecular formula is C22H34BN3O5. The van der Waals surface area contributed by atoms with Crippen molar-refractivity contribution >= 4 is 30.4 Å². The quantitative estimate of drug-likeness (QED) is 0.729. The van der Waals surface area contributed by atoms with Crippen LogP contribution in [0, 0.1) is 0 Å². The van der Waals surface area contributed by atoms with Crippen molar-refractivity contribution in [3.05, 3.63) is 24.3 Å². The number of piperazine rings is 1. The summed E-state index contributed by atoms with van der Waals surface area (Å²) in [5, 5.41) is 2.94. The smallest absolute Gasteiger partial charge is 0.444 e. The van der Waals surface area contributed by atoms with Crippen molar-refractivity contribution in [3.8, 4) is 0 Å². The van der Waals surface area contributed by atoms with Gasteiger partial charge in [-0.15, -0.1) is 0 Å². The molecule has 2 fully saturated rings. The van der Waals surface area contributed by atoms with Gasteiger partial charge >= 0.3 is 19.2 Å². The maximum Gasteiger partial charge on any atom is 0.494 e. The van der Waals surface area contributed by atoms with Crippen LogP contribution in [0.2, 0.25) is 0 Å². The number of nitrogens with zero attached hydrogens (tertiary/aromatic N) is 2. The molecule has 0 atom stereocenters. The number of nitrogens with one attached hydrogen (secondary N) is 1. The minimum Gasteiger partial charge on any atom is -0.444 e. The van der Waals surface area contributed by atoms with Crippen molar-refractivity contribution in [2.24, 2.45) is 0 Å². The summed E-state index contributed by atoms with van der Waals surface area (Å²) < 4.78 is 17.6. The third-order valence-corrected chi connectivity index (χ3v) is 5.88. The molecule has 0 saturated carbocycles. The molecule has 0 aliphatic carbocycles. The second kappa shape index (κ2) is 8.35. The van der Waals surface area contributed by atoms with Crippen molar-refractivity contribution in [1.29, 1.82) is 0 Å². The predicted octanol–water partition coefficient (Wildman–Crippen LogP) is 3.07. The van der Waals surface area contributed by atoms with Gasteiger partial charge in [-0.3, -0.25) is 0 Å². The SMILES string of the molecule is CC(C)(C)OC(=O)N1CCN(C(=O)Nc2cccc(B3OC(C)(C)C(C)(C)O3)c2)CC1. The summed E-state index contributed by atoms with van der Waals surface area (Å²) in [6.45, 7) is 15.3. The molecule has 0 spiro atoms. The Labute approximate surface area is 185 Å². The summed E-state index contributed by atoms with van der Waals surface area (Å²) in [6.07, 6.45) is -0.345. The lowest BCUT2D eigenvalue weighted by atomic mass is 9.79. The van der Waals surface area contributed by atoms with Crippen LogP contribution in [0.4, 0.5) is 15.3 Å². The number of urea groups is 1. The van der Waals surface area contributed by atoms with Crippen LogP contribution in [0.15, 0.2) is 24.3 Å². The third-order valence-electron chi connectivity index (χ3n) is 5.88. The lowest BCUT2D eigenvalue weighted by Gasteiger charge is -2.35. The van der Waals surface area contributed by atoms with Gasteiger partial charge in [0.05, 0.1) is 11.2 Å². The Bertz CT molecular complexity index is 813. The molecule has 2 aliphatic rings. The standard InChI is InChI=1S/C22H34BN3O5/c1-20(2,3)29-19(28)26-13-11-25(12-14-26)18(27)24-17-10-8-9-16(15-17)23-30-21(4,5)22(6,7)31-23/h8-10,15H,11-14H2,1-7H3,(H,24,27). The molecule has 1 aromatic carbocycles. The normalized spacial score (nSPS) is 20.5. The molecule has 8 nitrogen and oxygen atoms in total. The van der Waals surface area contributed by atoms with E-state index in [-0.39, 0.29) is 12.1 Å². The Morgan fingerprint density at radius 3 is 2.10 bits per heavy atom. The zero-order valence-corrected chi connectivity index (χ0v) is 19.7. The number of hydrogen-bond acceptors (Lipinski definition) is 5. The minimum absolute atomic E-state index is 0.199. The molecule has 2 heterocycles. The molecule has 0 bridgehead atoms. The first-order chi connectivity index (χ1) is 14.3. The van der Waals surface area contributed by atoms with E-state index in [2.05, 4.69) is 5.32 Å². The molecule has 170 valence electrons. The van der Waals surface area contributed by atoms with Gasteiger partial charge in [0.15, 0.2) is 0 Å². The molecule has 2 saturated heterocycles. The van der Waals surface area contributed by atoms with Crippen molar-refractivity contribution < 1.29 is 23.6 Å². The van der Waals surface area contributed by atoms with Crippen LogP contribution < -0.4 is 10.8 Å². The van der Waals surface area contributed by atoms with E-state index in [1.165, 1.54) is 0 Å². The van der Waals surface area contributed by atoms with Crippen molar-refractivity contribution in [1.82, 2.24) is 9.80 Å². The van der Waals surface area contributed by atoms with Gasteiger partial charge in [0, 0.05) is 31.9 Å². The molecule has 2 aliphatic heterocycles. The minimum atomic E-state index is -0.534. The predicted molar refractivity (Wildman–Crippen MR) is 121 cm³/mol. The molecular weight excluding hydrogens is 397 g/mol. The average Bonchev–Trinajstić information content (AvgIpc) is 2.88. The van der Waals surface area contributed by atoms with E-state index in [4.69, 9.17) is 14.0 Å². The van der Waals surface area contributed by atoms with Gasteiger partial charge in [-0.25, -0.2) is 9.59 Å². The lowest BCUT2D eigenvalue weighted by molar-refractivity contribution is 0.00578. The zero-order chi connectivity index (χ0) is 23.0. The Kier molecular flexibility index (Phi) is 6.31. The number of benzene rings is 1. The highest BCUT2D eigenvalue weighted by atomic mass is 16.7. The molecule has 0 aromatic heterocycles. The fourth-order valence-corrected chi connectivity index (χ4v) is 3.36. The maximum atomic E-state index is 12.7. The number of carbonyl (C=O) groups is 2. The maximum absolute atomic E-state index is 12.7. The summed E-state index contributed by atoms with van der Waals surface area (Å²) >= 11 is 0. The number of anilines is 1. The Balaban J connectivity index is 1.56. The molecule has 0 radical (unpaired) electrons. The van der Waals surface area contributed by atoms with Crippen LogP contribution in [-0.2, 0) is 14.0 Å². The highest BCUT2D eigenvalue weighted by Gasteiger charge is 2.51. The zero-order valence-electron chi connectivity index (χ0n) is 19.7. The highest BCUT2D eigenvalue weighted by molar-refractivity contribution is 6.62. The van der Waals surface area contributed by atoms with Gasteiger partial charge in [-0.2, -0.15) is 0 Å². The molecule has 1 aromatic rings. The van der Waals surface area contributed by atoms with Gasteiger partial charge in [-0.1, -0.05) is 12.1 Å². The topological polar surface area (TPSA) is 80.3 Å². The first kappa shape index (κ1) is 23.4. The summed E-state index contributed by atoms with van der Waals surface area (Å²) in [7, 11) is -0.487. The summed E-state index contributed by atoms with van der Waals surface area (Å²) in [4.78, 5) is 28.3. The number of amides is 3. The van der Waals surface area contributed by atoms with Crippen LogP contribution in [0.5, 0.6) is 0 Å². The second-order valence-electron chi connectivity index (χ2n) is 10.1. The van der Waals surface area contributed by atoms with Crippen LogP contribution in [0.1, 0.15) is 48.5 Å². The molecule has 1 N–H and O–H groups in total. The molecule has 31 heavy (non-hydrogen) atoms. The van der Waals surface area contributed by atoms with E-state index < -0.39 is 23.9 Å². The van der Waals surface area contributed by atoms with E-state index in [0.29, 0.717) is 31.9 Å². The molecule has 9 heteroatoms. The van der Waals surface area contributed by atoms with Gasteiger partial charge in [0.2, 0.25) is 0 Å². The molecule has 3 rings (SSSR count). The summed E-state index contributed by atoms with van der Waals surface area (Å²) in [5.74, 6) is 0. The van der Waals surface area contributed by atoms with E-state index in [1.807, 2.05) is 72.7 Å². The fraction of sp³-hybridized carbons (Fsp3) is 0.636. The van der Waals surface area contributed by atoms with E-state index >= 15 is 0 Å². The average molecular weight is 431 g/mol. The monoisotopic (exact) mass is 431 g/mol. The number of ether oxygens (including phenoxy) is 1. The molecule has 0 unspecified atom stereocenters. The lowest BCUT2D eigenvalue weighted by Crippen LogP contribution is -2.52. The number of carbonyl (C=O) groups excluding carboxylic acids is 2. The van der Waals surface area contributed by atoms with Crippen LogP contribution in [-0.4, -0.2) is 72.0 Å². The van der Waals surface area contributed by atoms with Gasteiger partial charge in [0.25, 0.3) is 0 Å². The number of hydrogen-bond donors (Lipinski definition) is 1. The van der Waals surface area contributed by atoms with E-state index in [1.54, 1.807) is 9.80 Å². The molecule has 3 amide bonds. The van der Waals surface area contributed by atoms with Crippen LogP contribution in [0.3, 0.4) is 0 Å².